The summed E-state index contributed by atoms with van der Waals surface area (Å²) in [6.07, 6.45) is 5.14. The zero-order valence-electron chi connectivity index (χ0n) is 21.0. The lowest BCUT2D eigenvalue weighted by atomic mass is 9.96. The third kappa shape index (κ3) is 5.37. The van der Waals surface area contributed by atoms with E-state index in [0.717, 1.165) is 62.8 Å². The number of carbonyl (C=O) groups excluding carboxylic acids is 1. The fourth-order valence-electron chi connectivity index (χ4n) is 4.95. The van der Waals surface area contributed by atoms with Crippen molar-refractivity contribution in [3.63, 3.8) is 0 Å². The molecule has 0 spiro atoms. The van der Waals surface area contributed by atoms with Crippen molar-refractivity contribution in [3.05, 3.63) is 66.5 Å². The normalized spacial score (nSPS) is 18.2. The van der Waals surface area contributed by atoms with Gasteiger partial charge in [0, 0.05) is 63.4 Å². The molecule has 1 amide bonds. The minimum absolute atomic E-state index is 0.0589. The summed E-state index contributed by atoms with van der Waals surface area (Å²) in [5.41, 5.74) is 2.30. The van der Waals surface area contributed by atoms with Gasteiger partial charge < -0.3 is 24.2 Å². The van der Waals surface area contributed by atoms with E-state index in [-0.39, 0.29) is 11.8 Å². The summed E-state index contributed by atoms with van der Waals surface area (Å²) < 4.78 is 11.4. The van der Waals surface area contributed by atoms with Gasteiger partial charge in [0.25, 0.3) is 5.88 Å². The number of rotatable bonds is 6. The monoisotopic (exact) mass is 487 g/mol. The number of aryl methyl sites for hydroxylation is 1. The smallest absolute Gasteiger partial charge is 0.263 e. The van der Waals surface area contributed by atoms with Gasteiger partial charge in [0.15, 0.2) is 5.82 Å². The fraction of sp³-hybridized carbons (Fsp3) is 0.393. The maximum atomic E-state index is 13.5. The number of carbonyl (C=O) groups is 1. The van der Waals surface area contributed by atoms with Gasteiger partial charge in [-0.05, 0) is 44.0 Å². The van der Waals surface area contributed by atoms with Crippen LogP contribution in [-0.2, 0) is 4.79 Å². The van der Waals surface area contributed by atoms with E-state index in [0.29, 0.717) is 18.2 Å². The van der Waals surface area contributed by atoms with Crippen molar-refractivity contribution in [2.24, 2.45) is 5.92 Å². The van der Waals surface area contributed by atoms with Crippen LogP contribution in [0.1, 0.15) is 18.4 Å². The molecule has 1 aromatic heterocycles. The number of benzene rings is 2. The molecule has 2 fully saturated rings. The van der Waals surface area contributed by atoms with Crippen LogP contribution in [0.5, 0.6) is 17.4 Å². The van der Waals surface area contributed by atoms with Gasteiger partial charge in [-0.3, -0.25) is 4.79 Å². The van der Waals surface area contributed by atoms with Crippen LogP contribution in [0.2, 0.25) is 0 Å². The van der Waals surface area contributed by atoms with Crippen LogP contribution >= 0.6 is 0 Å². The largest absolute Gasteiger partial charge is 0.497 e. The number of piperazine rings is 1. The molecule has 8 heteroatoms. The van der Waals surface area contributed by atoms with E-state index in [2.05, 4.69) is 25.8 Å². The number of amides is 1. The van der Waals surface area contributed by atoms with Gasteiger partial charge in [0.05, 0.1) is 13.0 Å². The zero-order chi connectivity index (χ0) is 24.9. The molecule has 1 unspecified atom stereocenters. The average Bonchev–Trinajstić information content (AvgIpc) is 2.94. The van der Waals surface area contributed by atoms with E-state index >= 15 is 0 Å². The molecule has 0 saturated carbocycles. The van der Waals surface area contributed by atoms with Crippen LogP contribution < -0.4 is 19.3 Å². The van der Waals surface area contributed by atoms with E-state index in [1.165, 1.54) is 5.56 Å². The van der Waals surface area contributed by atoms with Gasteiger partial charge in [0.1, 0.15) is 11.5 Å². The first-order valence-corrected chi connectivity index (χ1v) is 12.6. The van der Waals surface area contributed by atoms with Crippen LogP contribution in [0.15, 0.2) is 60.9 Å². The van der Waals surface area contributed by atoms with Crippen molar-refractivity contribution in [1.82, 2.24) is 14.9 Å². The molecule has 0 aliphatic carbocycles. The van der Waals surface area contributed by atoms with E-state index in [1.807, 2.05) is 54.3 Å². The summed E-state index contributed by atoms with van der Waals surface area (Å²) in [7, 11) is 1.68. The number of aromatic nitrogens is 2. The Hall–Kier alpha value is -3.81. The number of ether oxygens (including phenoxy) is 2. The van der Waals surface area contributed by atoms with Crippen LogP contribution in [-0.4, -0.2) is 67.2 Å². The Morgan fingerprint density at radius 1 is 0.917 bits per heavy atom. The second-order valence-corrected chi connectivity index (χ2v) is 9.40. The summed E-state index contributed by atoms with van der Waals surface area (Å²) in [4.78, 5) is 29.0. The van der Waals surface area contributed by atoms with Crippen molar-refractivity contribution < 1.29 is 14.3 Å². The van der Waals surface area contributed by atoms with Gasteiger partial charge in [-0.15, -0.1) is 0 Å². The first kappa shape index (κ1) is 23.9. The van der Waals surface area contributed by atoms with E-state index in [4.69, 9.17) is 9.47 Å². The lowest BCUT2D eigenvalue weighted by Crippen LogP contribution is -2.52. The van der Waals surface area contributed by atoms with Crippen LogP contribution in [0.3, 0.4) is 0 Å². The maximum absolute atomic E-state index is 13.5. The summed E-state index contributed by atoms with van der Waals surface area (Å²) in [6, 6.07) is 16.0. The molecular formula is C28H33N5O3. The second-order valence-electron chi connectivity index (χ2n) is 9.40. The van der Waals surface area contributed by atoms with E-state index < -0.39 is 0 Å². The molecule has 0 bridgehead atoms. The summed E-state index contributed by atoms with van der Waals surface area (Å²) in [5.74, 6) is 2.91. The highest BCUT2D eigenvalue weighted by molar-refractivity contribution is 5.80. The highest BCUT2D eigenvalue weighted by Gasteiger charge is 2.32. The standard InChI is InChI=1S/C28H33N5O3/c1-21-8-10-24(11-9-21)36-27-26(29-12-13-30-27)33-14-4-5-22(20-33)28(34)32-17-15-31(16-18-32)23-6-3-7-25(19-23)35-2/h3,6-13,19,22H,4-5,14-18,20H2,1-2H3. The number of methoxy groups -OCH3 is 1. The molecule has 188 valence electrons. The molecule has 36 heavy (non-hydrogen) atoms. The highest BCUT2D eigenvalue weighted by atomic mass is 16.5. The number of hydrogen-bond acceptors (Lipinski definition) is 7. The number of anilines is 2. The fourth-order valence-corrected chi connectivity index (χ4v) is 4.95. The van der Waals surface area contributed by atoms with Crippen LogP contribution in [0.4, 0.5) is 11.5 Å². The SMILES string of the molecule is COc1cccc(N2CCN(C(=O)C3CCCN(c4nccnc4Oc4ccc(C)cc4)C3)CC2)c1. The molecule has 3 aromatic rings. The van der Waals surface area contributed by atoms with Gasteiger partial charge in [-0.1, -0.05) is 23.8 Å². The third-order valence-electron chi connectivity index (χ3n) is 6.96. The summed E-state index contributed by atoms with van der Waals surface area (Å²) in [6.45, 7) is 6.57. The predicted octanol–water partition coefficient (Wildman–Crippen LogP) is 4.15. The molecule has 0 radical (unpaired) electrons. The van der Waals surface area contributed by atoms with Gasteiger partial charge in [0.2, 0.25) is 5.91 Å². The lowest BCUT2D eigenvalue weighted by molar-refractivity contribution is -0.136. The van der Waals surface area contributed by atoms with Crippen molar-refractivity contribution in [3.8, 4) is 17.4 Å². The summed E-state index contributed by atoms with van der Waals surface area (Å²) in [5, 5.41) is 0. The topological polar surface area (TPSA) is 71.0 Å². The Bertz CT molecular complexity index is 1180. The first-order chi connectivity index (χ1) is 17.6. The lowest BCUT2D eigenvalue weighted by Gasteiger charge is -2.40. The molecule has 2 saturated heterocycles. The van der Waals surface area contributed by atoms with Crippen molar-refractivity contribution >= 4 is 17.4 Å². The second kappa shape index (κ2) is 10.8. The highest BCUT2D eigenvalue weighted by Crippen LogP contribution is 2.32. The van der Waals surface area contributed by atoms with E-state index in [1.54, 1.807) is 19.5 Å². The quantitative estimate of drug-likeness (QED) is 0.517. The number of nitrogens with zero attached hydrogens (tertiary/aromatic N) is 5. The zero-order valence-corrected chi connectivity index (χ0v) is 21.0. The van der Waals surface area contributed by atoms with Crippen molar-refractivity contribution in [1.29, 1.82) is 0 Å². The molecule has 1 atom stereocenters. The minimum atomic E-state index is -0.0589. The van der Waals surface area contributed by atoms with Crippen LogP contribution in [0.25, 0.3) is 0 Å². The molecule has 2 aliphatic rings. The van der Waals surface area contributed by atoms with Gasteiger partial charge in [-0.2, -0.15) is 0 Å². The Kier molecular flexibility index (Phi) is 7.21. The number of hydrogen-bond donors (Lipinski definition) is 0. The molecular weight excluding hydrogens is 454 g/mol. The van der Waals surface area contributed by atoms with Gasteiger partial charge in [-0.25, -0.2) is 9.97 Å². The molecule has 8 nitrogen and oxygen atoms in total. The minimum Gasteiger partial charge on any atom is -0.497 e. The molecule has 5 rings (SSSR count). The van der Waals surface area contributed by atoms with Crippen molar-refractivity contribution in [2.75, 3.05) is 56.2 Å². The third-order valence-corrected chi connectivity index (χ3v) is 6.96. The average molecular weight is 488 g/mol. The Balaban J connectivity index is 1.22. The Morgan fingerprint density at radius 2 is 1.69 bits per heavy atom. The molecule has 3 heterocycles. The maximum Gasteiger partial charge on any atom is 0.263 e. The molecule has 0 N–H and O–H groups in total. The van der Waals surface area contributed by atoms with Gasteiger partial charge >= 0.3 is 0 Å². The first-order valence-electron chi connectivity index (χ1n) is 12.6. The molecule has 2 aromatic carbocycles. The Labute approximate surface area is 212 Å². The van der Waals surface area contributed by atoms with Crippen molar-refractivity contribution in [2.45, 2.75) is 19.8 Å². The van der Waals surface area contributed by atoms with Crippen LogP contribution in [0, 0.1) is 12.8 Å². The molecule has 2 aliphatic heterocycles. The number of piperidine rings is 1. The Morgan fingerprint density at radius 3 is 2.47 bits per heavy atom. The summed E-state index contributed by atoms with van der Waals surface area (Å²) >= 11 is 0. The predicted molar refractivity (Wildman–Crippen MR) is 140 cm³/mol. The van der Waals surface area contributed by atoms with E-state index in [9.17, 15) is 4.79 Å².